The van der Waals surface area contributed by atoms with Crippen LogP contribution in [0.1, 0.15) is 43.0 Å². The molecule has 0 aliphatic rings. The van der Waals surface area contributed by atoms with Gasteiger partial charge in [0.15, 0.2) is 0 Å². The number of nitrogens with one attached hydrogen (secondary N) is 2. The molecule has 0 aliphatic heterocycles. The van der Waals surface area contributed by atoms with Gasteiger partial charge in [0, 0.05) is 0 Å². The first-order chi connectivity index (χ1) is 15.4. The number of amides is 2. The van der Waals surface area contributed by atoms with Gasteiger partial charge in [-0.2, -0.15) is 0 Å². The first-order valence-electron chi connectivity index (χ1n) is 11.4. The molecule has 7 heteroatoms. The molecule has 0 saturated heterocycles. The topological polar surface area (TPSA) is 84.5 Å². The predicted octanol–water partition coefficient (Wildman–Crippen LogP) is 5.57. The van der Waals surface area contributed by atoms with Crippen LogP contribution in [-0.4, -0.2) is 42.4 Å². The SMILES string of the molecule is CCP(CC)(CC(=O)Nc1c(C)cccc1C)(CC(=O)Nc1c(C)cccc1C)OC(C)=O. The van der Waals surface area contributed by atoms with E-state index in [1.54, 1.807) is 0 Å². The van der Waals surface area contributed by atoms with Crippen LogP contribution in [0.15, 0.2) is 36.4 Å². The summed E-state index contributed by atoms with van der Waals surface area (Å²) in [7, 11) is 0. The molecule has 0 fully saturated rings. The summed E-state index contributed by atoms with van der Waals surface area (Å²) in [6.07, 6.45) is 0.905. The van der Waals surface area contributed by atoms with Crippen molar-refractivity contribution in [3.63, 3.8) is 0 Å². The zero-order valence-electron chi connectivity index (χ0n) is 20.9. The number of benzene rings is 2. The van der Waals surface area contributed by atoms with Crippen molar-refractivity contribution < 1.29 is 18.9 Å². The molecule has 2 aromatic rings. The van der Waals surface area contributed by atoms with E-state index in [1.807, 2.05) is 77.9 Å². The zero-order chi connectivity index (χ0) is 24.8. The van der Waals surface area contributed by atoms with Gasteiger partial charge >= 0.3 is 197 Å². The van der Waals surface area contributed by atoms with Crippen molar-refractivity contribution >= 4 is 36.0 Å². The van der Waals surface area contributed by atoms with Crippen molar-refractivity contribution in [3.8, 4) is 0 Å². The molecule has 0 unspecified atom stereocenters. The normalized spacial score (nSPS) is 12.4. The van der Waals surface area contributed by atoms with E-state index in [-0.39, 0.29) is 24.1 Å². The fourth-order valence-electron chi connectivity index (χ4n) is 4.39. The predicted molar refractivity (Wildman–Crippen MR) is 139 cm³/mol. The van der Waals surface area contributed by atoms with Gasteiger partial charge in [-0.15, -0.1) is 0 Å². The van der Waals surface area contributed by atoms with Gasteiger partial charge in [0.05, 0.1) is 0 Å². The number of hydrogen-bond acceptors (Lipinski definition) is 4. The molecule has 2 N–H and O–H groups in total. The quantitative estimate of drug-likeness (QED) is 0.468. The molecule has 0 bridgehead atoms. The fourth-order valence-corrected chi connectivity index (χ4v) is 8.57. The van der Waals surface area contributed by atoms with Gasteiger partial charge in [0.2, 0.25) is 0 Å². The Morgan fingerprint density at radius 1 is 0.727 bits per heavy atom. The molecule has 33 heavy (non-hydrogen) atoms. The van der Waals surface area contributed by atoms with Crippen LogP contribution < -0.4 is 10.6 Å². The molecule has 0 heterocycles. The molecular formula is C26H37N2O4P. The summed E-state index contributed by atoms with van der Waals surface area (Å²) >= 11 is 0. The maximum atomic E-state index is 13.3. The maximum absolute atomic E-state index is 13.3. The Kier molecular flexibility index (Phi) is 8.42. The monoisotopic (exact) mass is 472 g/mol. The van der Waals surface area contributed by atoms with Crippen LogP contribution in [0.2, 0.25) is 0 Å². The number of rotatable bonds is 9. The van der Waals surface area contributed by atoms with Crippen molar-refractivity contribution in [1.29, 1.82) is 0 Å². The van der Waals surface area contributed by atoms with Gasteiger partial charge in [-0.25, -0.2) is 0 Å². The summed E-state index contributed by atoms with van der Waals surface area (Å²) in [6.45, 7) is 9.37. The van der Waals surface area contributed by atoms with Crippen molar-refractivity contribution in [2.24, 2.45) is 0 Å². The van der Waals surface area contributed by atoms with Gasteiger partial charge in [0.1, 0.15) is 0 Å². The second-order valence-corrected chi connectivity index (χ2v) is 14.8. The van der Waals surface area contributed by atoms with Gasteiger partial charge in [-0.1, -0.05) is 0 Å². The Balaban J connectivity index is 2.39. The van der Waals surface area contributed by atoms with E-state index < -0.39 is 12.8 Å². The van der Waals surface area contributed by atoms with Crippen LogP contribution in [-0.2, 0) is 18.9 Å². The third kappa shape index (κ3) is 6.20. The molecule has 6 nitrogen and oxygen atoms in total. The molecule has 2 amide bonds. The van der Waals surface area contributed by atoms with E-state index in [0.29, 0.717) is 12.3 Å². The van der Waals surface area contributed by atoms with Crippen LogP contribution in [0.4, 0.5) is 11.4 Å². The summed E-state index contributed by atoms with van der Waals surface area (Å²) in [5.41, 5.74) is 5.34. The molecule has 0 spiro atoms. The van der Waals surface area contributed by atoms with Gasteiger partial charge in [0.25, 0.3) is 0 Å². The first-order valence-corrected chi connectivity index (χ1v) is 14.3. The standard InChI is InChI=1S/C26H37N2O4P/c1-8-33(9-2,32-22(7)29,16-23(30)27-25-18(3)12-10-13-19(25)4)17-24(31)28-26-20(5)14-11-15-21(26)6/h10-15H,8-9,16-17H2,1-7H3,(H,27,30)(H,28,31). The van der Waals surface area contributed by atoms with Crippen LogP contribution in [0.3, 0.4) is 0 Å². The van der Waals surface area contributed by atoms with E-state index in [0.717, 1.165) is 33.6 Å². The van der Waals surface area contributed by atoms with Gasteiger partial charge in [-0.3, -0.25) is 0 Å². The average molecular weight is 473 g/mol. The van der Waals surface area contributed by atoms with Crippen LogP contribution in [0.5, 0.6) is 0 Å². The fraction of sp³-hybridized carbons (Fsp3) is 0.423. The van der Waals surface area contributed by atoms with Crippen molar-refractivity contribution in [3.05, 3.63) is 58.7 Å². The van der Waals surface area contributed by atoms with Gasteiger partial charge in [-0.05, 0) is 0 Å². The minimum absolute atomic E-state index is 0.00608. The zero-order valence-corrected chi connectivity index (χ0v) is 21.8. The van der Waals surface area contributed by atoms with E-state index >= 15 is 0 Å². The third-order valence-electron chi connectivity index (χ3n) is 6.56. The molecule has 180 valence electrons. The van der Waals surface area contributed by atoms with Crippen molar-refractivity contribution in [2.45, 2.75) is 48.5 Å². The van der Waals surface area contributed by atoms with Gasteiger partial charge < -0.3 is 0 Å². The second kappa shape index (κ2) is 10.5. The van der Waals surface area contributed by atoms with Crippen LogP contribution >= 0.6 is 6.83 Å². The van der Waals surface area contributed by atoms with Crippen molar-refractivity contribution in [1.82, 2.24) is 0 Å². The first kappa shape index (κ1) is 26.5. The van der Waals surface area contributed by atoms with E-state index in [9.17, 15) is 14.4 Å². The van der Waals surface area contributed by atoms with Crippen LogP contribution in [0.25, 0.3) is 0 Å². The summed E-state index contributed by atoms with van der Waals surface area (Å²) in [5.74, 6) is -0.944. The Morgan fingerprint density at radius 3 is 1.33 bits per heavy atom. The number of aryl methyl sites for hydroxylation is 4. The molecule has 0 aliphatic carbocycles. The second-order valence-electron chi connectivity index (χ2n) is 9.02. The Bertz CT molecular complexity index is 948. The Morgan fingerprint density at radius 2 is 1.06 bits per heavy atom. The summed E-state index contributed by atoms with van der Waals surface area (Å²) in [5, 5.41) is 6.02. The third-order valence-corrected chi connectivity index (χ3v) is 12.7. The van der Waals surface area contributed by atoms with E-state index in [2.05, 4.69) is 10.6 Å². The Hall–Kier alpha value is -2.72. The molecular weight excluding hydrogens is 435 g/mol. The molecule has 0 saturated carbocycles. The molecule has 0 aromatic heterocycles. The molecule has 2 aromatic carbocycles. The number of anilines is 2. The van der Waals surface area contributed by atoms with E-state index in [1.165, 1.54) is 6.92 Å². The summed E-state index contributed by atoms with van der Waals surface area (Å²) in [4.78, 5) is 38.8. The Labute approximate surface area is 197 Å². The molecule has 2 rings (SSSR count). The van der Waals surface area contributed by atoms with Crippen molar-refractivity contribution in [2.75, 3.05) is 35.3 Å². The number of para-hydroxylation sites is 2. The number of hydrogen-bond donors (Lipinski definition) is 2. The summed E-state index contributed by atoms with van der Waals surface area (Å²) < 4.78 is 6.03. The average Bonchev–Trinajstić information content (AvgIpc) is 2.73. The number of carbonyl (C=O) groups is 3. The van der Waals surface area contributed by atoms with Crippen LogP contribution in [0, 0.1) is 27.7 Å². The summed E-state index contributed by atoms with van der Waals surface area (Å²) in [6, 6.07) is 11.6. The van der Waals surface area contributed by atoms with E-state index in [4.69, 9.17) is 4.52 Å². The molecule has 0 atom stereocenters. The molecule has 0 radical (unpaired) electrons. The number of carbonyl (C=O) groups excluding carboxylic acids is 3. The minimum atomic E-state index is -3.53.